The van der Waals surface area contributed by atoms with E-state index in [0.717, 1.165) is 12.1 Å². The molecule has 17 heavy (non-hydrogen) atoms. The predicted molar refractivity (Wildman–Crippen MR) is 67.4 cm³/mol. The smallest absolute Gasteiger partial charge is 0.292 e. The molecule has 1 heterocycles. The minimum Gasteiger partial charge on any atom is -0.319 e. The molecule has 1 aromatic carbocycles. The Bertz CT molecular complexity index is 467. The number of rotatable bonds is 3. The van der Waals surface area contributed by atoms with E-state index in [1.54, 1.807) is 0 Å². The van der Waals surface area contributed by atoms with Crippen molar-refractivity contribution in [3.8, 4) is 0 Å². The third kappa shape index (κ3) is 3.29. The van der Waals surface area contributed by atoms with Crippen molar-refractivity contribution in [1.82, 2.24) is 15.2 Å². The van der Waals surface area contributed by atoms with Gasteiger partial charge >= 0.3 is 0 Å². The molecule has 1 amide bonds. The number of H-pyrrole nitrogens is 1. The second-order valence-electron chi connectivity index (χ2n) is 3.34. The van der Waals surface area contributed by atoms with Crippen LogP contribution in [0.4, 0.5) is 5.69 Å². The number of halogens is 1. The maximum Gasteiger partial charge on any atom is 0.292 e. The zero-order valence-electron chi connectivity index (χ0n) is 9.30. The highest BCUT2D eigenvalue weighted by Crippen LogP contribution is 2.10. The molecule has 0 saturated carbocycles. The highest BCUT2D eigenvalue weighted by molar-refractivity contribution is 6.01. The second-order valence-corrected chi connectivity index (χ2v) is 3.34. The summed E-state index contributed by atoms with van der Waals surface area (Å²) in [4.78, 5) is 15.4. The van der Waals surface area contributed by atoms with Crippen molar-refractivity contribution >= 4 is 24.0 Å². The van der Waals surface area contributed by atoms with Gasteiger partial charge in [0, 0.05) is 5.69 Å². The van der Waals surface area contributed by atoms with E-state index in [1.165, 1.54) is 11.9 Å². The average Bonchev–Trinajstić information content (AvgIpc) is 2.83. The molecule has 6 heteroatoms. The number of aromatic amines is 1. The van der Waals surface area contributed by atoms with Crippen molar-refractivity contribution in [2.45, 2.75) is 13.3 Å². The molecular formula is C11H13ClN4O. The molecule has 2 rings (SSSR count). The molecule has 0 spiro atoms. The number of carbonyl (C=O) groups is 1. The van der Waals surface area contributed by atoms with Crippen LogP contribution in [0, 0.1) is 0 Å². The van der Waals surface area contributed by atoms with Crippen LogP contribution < -0.4 is 5.32 Å². The molecule has 0 aliphatic heterocycles. The summed E-state index contributed by atoms with van der Waals surface area (Å²) in [6, 6.07) is 7.70. The van der Waals surface area contributed by atoms with Crippen LogP contribution in [0.25, 0.3) is 0 Å². The molecule has 0 saturated heterocycles. The minimum absolute atomic E-state index is 0. The van der Waals surface area contributed by atoms with Gasteiger partial charge in [0.05, 0.1) is 0 Å². The Balaban J connectivity index is 0.00000144. The lowest BCUT2D eigenvalue weighted by atomic mass is 10.1. The van der Waals surface area contributed by atoms with Crippen LogP contribution in [0.5, 0.6) is 0 Å². The first-order valence-corrected chi connectivity index (χ1v) is 5.05. The number of amides is 1. The average molecular weight is 253 g/mol. The summed E-state index contributed by atoms with van der Waals surface area (Å²) in [6.07, 6.45) is 2.28. The van der Waals surface area contributed by atoms with Gasteiger partial charge in [-0.05, 0) is 24.1 Å². The minimum atomic E-state index is -0.290. The monoisotopic (exact) mass is 252 g/mol. The molecular weight excluding hydrogens is 240 g/mol. The van der Waals surface area contributed by atoms with Gasteiger partial charge in [0.25, 0.3) is 5.91 Å². The van der Waals surface area contributed by atoms with Gasteiger partial charge < -0.3 is 5.32 Å². The van der Waals surface area contributed by atoms with E-state index in [-0.39, 0.29) is 24.1 Å². The van der Waals surface area contributed by atoms with Crippen LogP contribution in [0.2, 0.25) is 0 Å². The molecule has 0 radical (unpaired) electrons. The topological polar surface area (TPSA) is 70.7 Å². The summed E-state index contributed by atoms with van der Waals surface area (Å²) in [6.45, 7) is 2.09. The van der Waals surface area contributed by atoms with Crippen molar-refractivity contribution in [2.75, 3.05) is 5.32 Å². The first kappa shape index (κ1) is 13.2. The van der Waals surface area contributed by atoms with Crippen molar-refractivity contribution in [3.05, 3.63) is 42.0 Å². The molecule has 1 aromatic heterocycles. The van der Waals surface area contributed by atoms with Gasteiger partial charge in [-0.3, -0.25) is 9.89 Å². The Morgan fingerprint density at radius 1 is 1.35 bits per heavy atom. The zero-order chi connectivity index (χ0) is 11.4. The molecule has 0 bridgehead atoms. The fraction of sp³-hybridized carbons (Fsp3) is 0.182. The van der Waals surface area contributed by atoms with Crippen molar-refractivity contribution in [1.29, 1.82) is 0 Å². The number of hydrogen-bond acceptors (Lipinski definition) is 3. The summed E-state index contributed by atoms with van der Waals surface area (Å²) in [5, 5.41) is 8.84. The van der Waals surface area contributed by atoms with E-state index in [1.807, 2.05) is 24.3 Å². The number of benzene rings is 1. The number of anilines is 1. The first-order valence-electron chi connectivity index (χ1n) is 5.05. The molecule has 0 aliphatic rings. The van der Waals surface area contributed by atoms with Gasteiger partial charge in [0.1, 0.15) is 6.33 Å². The van der Waals surface area contributed by atoms with E-state index in [4.69, 9.17) is 0 Å². The van der Waals surface area contributed by atoms with Gasteiger partial charge in [-0.15, -0.1) is 12.4 Å². The predicted octanol–water partition coefficient (Wildman–Crippen LogP) is 2.04. The quantitative estimate of drug-likeness (QED) is 0.878. The number of nitrogens with zero attached hydrogens (tertiary/aromatic N) is 2. The lowest BCUT2D eigenvalue weighted by Gasteiger charge is -2.03. The standard InChI is InChI=1S/C11H12N4O.ClH/c1-2-8-3-5-9(6-4-8)14-11(16)10-12-7-13-15-10;/h3-7H,2H2,1H3,(H,14,16)(H,12,13,15);1H. The number of hydrogen-bond donors (Lipinski definition) is 2. The number of aromatic nitrogens is 3. The van der Waals surface area contributed by atoms with E-state index in [2.05, 4.69) is 27.4 Å². The van der Waals surface area contributed by atoms with Crippen molar-refractivity contribution in [3.63, 3.8) is 0 Å². The maximum atomic E-state index is 11.6. The van der Waals surface area contributed by atoms with Crippen molar-refractivity contribution in [2.24, 2.45) is 0 Å². The molecule has 2 N–H and O–H groups in total. The summed E-state index contributed by atoms with van der Waals surface area (Å²) >= 11 is 0. The summed E-state index contributed by atoms with van der Waals surface area (Å²) in [5.41, 5.74) is 1.98. The largest absolute Gasteiger partial charge is 0.319 e. The molecule has 0 unspecified atom stereocenters. The Hall–Kier alpha value is -1.88. The second kappa shape index (κ2) is 6.00. The summed E-state index contributed by atoms with van der Waals surface area (Å²) in [5.74, 6) is -0.0821. The van der Waals surface area contributed by atoms with E-state index >= 15 is 0 Å². The molecule has 90 valence electrons. The van der Waals surface area contributed by atoms with Gasteiger partial charge in [0.15, 0.2) is 0 Å². The van der Waals surface area contributed by atoms with Crippen LogP contribution in [-0.4, -0.2) is 21.1 Å². The number of carbonyl (C=O) groups excluding carboxylic acids is 1. The van der Waals surface area contributed by atoms with Gasteiger partial charge in [-0.2, -0.15) is 5.10 Å². The van der Waals surface area contributed by atoms with Gasteiger partial charge in [-0.1, -0.05) is 19.1 Å². The van der Waals surface area contributed by atoms with Crippen LogP contribution in [0.3, 0.4) is 0 Å². The zero-order valence-corrected chi connectivity index (χ0v) is 10.1. The Kier molecular flexibility index (Phi) is 4.66. The number of aryl methyl sites for hydroxylation is 1. The fourth-order valence-corrected chi connectivity index (χ4v) is 1.33. The van der Waals surface area contributed by atoms with Crippen LogP contribution in [0.15, 0.2) is 30.6 Å². The Morgan fingerprint density at radius 2 is 2.06 bits per heavy atom. The van der Waals surface area contributed by atoms with Crippen LogP contribution in [0.1, 0.15) is 23.1 Å². The van der Waals surface area contributed by atoms with Crippen molar-refractivity contribution < 1.29 is 4.79 Å². The van der Waals surface area contributed by atoms with Gasteiger partial charge in [-0.25, -0.2) is 4.98 Å². The SMILES string of the molecule is CCc1ccc(NC(=O)c2ncn[nH]2)cc1.Cl. The molecule has 0 aliphatic carbocycles. The van der Waals surface area contributed by atoms with Gasteiger partial charge in [0.2, 0.25) is 5.82 Å². The van der Waals surface area contributed by atoms with E-state index < -0.39 is 0 Å². The normalized spacial score (nSPS) is 9.47. The summed E-state index contributed by atoms with van der Waals surface area (Å²) in [7, 11) is 0. The Morgan fingerprint density at radius 3 is 2.59 bits per heavy atom. The molecule has 5 nitrogen and oxygen atoms in total. The number of nitrogens with one attached hydrogen (secondary N) is 2. The molecule has 0 fully saturated rings. The van der Waals surface area contributed by atoms with Crippen LogP contribution in [-0.2, 0) is 6.42 Å². The lowest BCUT2D eigenvalue weighted by molar-refractivity contribution is 0.101. The molecule has 0 atom stereocenters. The van der Waals surface area contributed by atoms with E-state index in [9.17, 15) is 4.79 Å². The highest BCUT2D eigenvalue weighted by atomic mass is 35.5. The third-order valence-electron chi connectivity index (χ3n) is 2.25. The highest BCUT2D eigenvalue weighted by Gasteiger charge is 2.08. The third-order valence-corrected chi connectivity index (χ3v) is 2.25. The fourth-order valence-electron chi connectivity index (χ4n) is 1.33. The maximum absolute atomic E-state index is 11.6. The lowest BCUT2D eigenvalue weighted by Crippen LogP contribution is -2.13. The van der Waals surface area contributed by atoms with Crippen LogP contribution >= 0.6 is 12.4 Å². The molecule has 2 aromatic rings. The van der Waals surface area contributed by atoms with E-state index in [0.29, 0.717) is 0 Å². The Labute approximate surface area is 105 Å². The summed E-state index contributed by atoms with van der Waals surface area (Å²) < 4.78 is 0. The first-order chi connectivity index (χ1) is 7.79.